The van der Waals surface area contributed by atoms with Gasteiger partial charge in [0.2, 0.25) is 10.0 Å². The Morgan fingerprint density at radius 3 is 2.69 bits per heavy atom. The molecule has 5 nitrogen and oxygen atoms in total. The van der Waals surface area contributed by atoms with Crippen LogP contribution < -0.4 is 0 Å². The van der Waals surface area contributed by atoms with Gasteiger partial charge >= 0.3 is 0 Å². The Bertz CT molecular complexity index is 1070. The topological polar surface area (TPSA) is 74.1 Å². The van der Waals surface area contributed by atoms with Gasteiger partial charge in [0.15, 0.2) is 0 Å². The molecule has 1 aromatic heterocycles. The molecule has 1 saturated heterocycles. The molecular formula is C19H17N3O2S2. The number of para-hydroxylation sites is 1. The molecule has 4 rings (SSSR count). The Kier molecular flexibility index (Phi) is 4.49. The minimum absolute atomic E-state index is 0.0792. The van der Waals surface area contributed by atoms with E-state index in [1.54, 1.807) is 29.5 Å². The molecular weight excluding hydrogens is 366 g/mol. The fourth-order valence-corrected chi connectivity index (χ4v) is 6.37. The molecule has 132 valence electrons. The van der Waals surface area contributed by atoms with Crippen LogP contribution in [0.2, 0.25) is 0 Å². The quantitative estimate of drug-likeness (QED) is 0.683. The van der Waals surface area contributed by atoms with Gasteiger partial charge in [0.1, 0.15) is 11.1 Å². The second-order valence-corrected chi connectivity index (χ2v) is 9.18. The van der Waals surface area contributed by atoms with Gasteiger partial charge in [0.05, 0.1) is 26.7 Å². The third-order valence-corrected chi connectivity index (χ3v) is 7.75. The van der Waals surface area contributed by atoms with Crippen molar-refractivity contribution in [2.75, 3.05) is 6.54 Å². The van der Waals surface area contributed by atoms with Crippen molar-refractivity contribution in [3.05, 3.63) is 59.1 Å². The van der Waals surface area contributed by atoms with E-state index in [-0.39, 0.29) is 16.5 Å². The van der Waals surface area contributed by atoms with Gasteiger partial charge in [0.25, 0.3) is 0 Å². The lowest BCUT2D eigenvalue weighted by Crippen LogP contribution is -2.38. The van der Waals surface area contributed by atoms with Gasteiger partial charge < -0.3 is 0 Å². The number of hydrogen-bond acceptors (Lipinski definition) is 5. The van der Waals surface area contributed by atoms with Gasteiger partial charge in [0, 0.05) is 6.54 Å². The summed E-state index contributed by atoms with van der Waals surface area (Å²) in [6, 6.07) is 16.0. The number of nitrogens with zero attached hydrogens (tertiary/aromatic N) is 3. The standard InChI is InChI=1S/C19H17N3O2S2/c20-13-14-7-1-4-11-18(14)26(23,24)22-12-6-5-9-16(22)19-21-15-8-2-3-10-17(15)25-19/h1-4,7-8,10-11,16H,5-6,9,12H2/t16-/m0/s1. The molecule has 2 aromatic carbocycles. The summed E-state index contributed by atoms with van der Waals surface area (Å²) in [4.78, 5) is 4.76. The zero-order valence-corrected chi connectivity index (χ0v) is 15.6. The van der Waals surface area contributed by atoms with E-state index in [9.17, 15) is 13.7 Å². The summed E-state index contributed by atoms with van der Waals surface area (Å²) in [6.45, 7) is 0.447. The molecule has 1 fully saturated rings. The second-order valence-electron chi connectivity index (χ2n) is 6.26. The maximum Gasteiger partial charge on any atom is 0.245 e. The molecule has 1 atom stereocenters. The van der Waals surface area contributed by atoms with Gasteiger partial charge in [-0.2, -0.15) is 9.57 Å². The average Bonchev–Trinajstić information content (AvgIpc) is 3.12. The zero-order valence-electron chi connectivity index (χ0n) is 14.0. The van der Waals surface area contributed by atoms with Crippen molar-refractivity contribution < 1.29 is 8.42 Å². The predicted octanol–water partition coefficient (Wildman–Crippen LogP) is 4.08. The van der Waals surface area contributed by atoms with Crippen LogP contribution in [0.1, 0.15) is 35.9 Å². The van der Waals surface area contributed by atoms with Crippen LogP contribution in [-0.4, -0.2) is 24.3 Å². The van der Waals surface area contributed by atoms with Gasteiger partial charge in [-0.1, -0.05) is 30.7 Å². The van der Waals surface area contributed by atoms with Crippen LogP contribution >= 0.6 is 11.3 Å². The maximum absolute atomic E-state index is 13.3. The Morgan fingerprint density at radius 1 is 1.12 bits per heavy atom. The van der Waals surface area contributed by atoms with E-state index >= 15 is 0 Å². The number of sulfonamides is 1. The number of aromatic nitrogens is 1. The van der Waals surface area contributed by atoms with E-state index in [1.165, 1.54) is 10.4 Å². The van der Waals surface area contributed by atoms with Crippen LogP contribution in [0.15, 0.2) is 53.4 Å². The van der Waals surface area contributed by atoms with Crippen molar-refractivity contribution in [1.29, 1.82) is 5.26 Å². The molecule has 0 bridgehead atoms. The van der Waals surface area contributed by atoms with Crippen LogP contribution in [0.5, 0.6) is 0 Å². The summed E-state index contributed by atoms with van der Waals surface area (Å²) in [5.74, 6) is 0. The maximum atomic E-state index is 13.3. The van der Waals surface area contributed by atoms with Crippen LogP contribution in [-0.2, 0) is 10.0 Å². The van der Waals surface area contributed by atoms with E-state index in [0.29, 0.717) is 6.54 Å². The largest absolute Gasteiger partial charge is 0.245 e. The Balaban J connectivity index is 1.79. The Morgan fingerprint density at radius 2 is 1.88 bits per heavy atom. The third kappa shape index (κ3) is 2.90. The minimum Gasteiger partial charge on any atom is -0.239 e. The number of fused-ring (bicyclic) bond motifs is 1. The summed E-state index contributed by atoms with van der Waals surface area (Å²) >= 11 is 1.55. The summed E-state index contributed by atoms with van der Waals surface area (Å²) in [6.07, 6.45) is 2.52. The summed E-state index contributed by atoms with van der Waals surface area (Å²) in [5.41, 5.74) is 1.08. The average molecular weight is 383 g/mol. The molecule has 7 heteroatoms. The first-order chi connectivity index (χ1) is 12.6. The normalized spacial score (nSPS) is 18.7. The van der Waals surface area contributed by atoms with Crippen molar-refractivity contribution in [3.8, 4) is 6.07 Å². The molecule has 0 amide bonds. The molecule has 26 heavy (non-hydrogen) atoms. The smallest absolute Gasteiger partial charge is 0.239 e. The van der Waals surface area contributed by atoms with E-state index in [2.05, 4.69) is 4.98 Å². The highest BCUT2D eigenvalue weighted by atomic mass is 32.2. The number of benzene rings is 2. The fourth-order valence-electron chi connectivity index (χ4n) is 3.38. The summed E-state index contributed by atoms with van der Waals surface area (Å²) in [5, 5.41) is 10.1. The molecule has 0 N–H and O–H groups in total. The molecule has 1 aliphatic heterocycles. The van der Waals surface area contributed by atoms with Crippen molar-refractivity contribution in [2.45, 2.75) is 30.2 Å². The number of hydrogen-bond donors (Lipinski definition) is 0. The second kappa shape index (κ2) is 6.80. The molecule has 0 aliphatic carbocycles. The molecule has 3 aromatic rings. The highest BCUT2D eigenvalue weighted by Gasteiger charge is 2.37. The zero-order chi connectivity index (χ0) is 18.1. The Labute approximate surface area is 156 Å². The van der Waals surface area contributed by atoms with E-state index < -0.39 is 10.0 Å². The number of thiazole rings is 1. The number of piperidine rings is 1. The highest BCUT2D eigenvalue weighted by Crippen LogP contribution is 2.39. The van der Waals surface area contributed by atoms with Crippen molar-refractivity contribution >= 4 is 31.6 Å². The molecule has 0 radical (unpaired) electrons. The number of rotatable bonds is 3. The summed E-state index contributed by atoms with van der Waals surface area (Å²) < 4.78 is 29.2. The first-order valence-electron chi connectivity index (χ1n) is 8.48. The molecule has 2 heterocycles. The van der Waals surface area contributed by atoms with Gasteiger partial charge in [-0.25, -0.2) is 13.4 Å². The van der Waals surface area contributed by atoms with Crippen LogP contribution in [0.3, 0.4) is 0 Å². The first kappa shape index (κ1) is 17.2. The first-order valence-corrected chi connectivity index (χ1v) is 10.7. The molecule has 0 saturated carbocycles. The summed E-state index contributed by atoms with van der Waals surface area (Å²) in [7, 11) is -3.76. The monoisotopic (exact) mass is 383 g/mol. The molecule has 1 aliphatic rings. The molecule has 0 unspecified atom stereocenters. The van der Waals surface area contributed by atoms with E-state index in [1.807, 2.05) is 30.3 Å². The lowest BCUT2D eigenvalue weighted by Gasteiger charge is -2.33. The van der Waals surface area contributed by atoms with E-state index in [4.69, 9.17) is 0 Å². The van der Waals surface area contributed by atoms with Crippen molar-refractivity contribution in [2.24, 2.45) is 0 Å². The highest BCUT2D eigenvalue weighted by molar-refractivity contribution is 7.89. The van der Waals surface area contributed by atoms with Crippen LogP contribution in [0, 0.1) is 11.3 Å². The van der Waals surface area contributed by atoms with Gasteiger partial charge in [-0.3, -0.25) is 0 Å². The minimum atomic E-state index is -3.76. The third-order valence-electron chi connectivity index (χ3n) is 4.64. The van der Waals surface area contributed by atoms with Crippen LogP contribution in [0.25, 0.3) is 10.2 Å². The number of nitriles is 1. The van der Waals surface area contributed by atoms with Crippen LogP contribution in [0.4, 0.5) is 0 Å². The molecule has 0 spiro atoms. The van der Waals surface area contributed by atoms with E-state index in [0.717, 1.165) is 34.5 Å². The van der Waals surface area contributed by atoms with Gasteiger partial charge in [-0.15, -0.1) is 11.3 Å². The fraction of sp³-hybridized carbons (Fsp3) is 0.263. The van der Waals surface area contributed by atoms with Crippen molar-refractivity contribution in [3.63, 3.8) is 0 Å². The lowest BCUT2D eigenvalue weighted by atomic mass is 10.1. The SMILES string of the molecule is N#Cc1ccccc1S(=O)(=O)N1CCCC[C@H]1c1nc2ccccc2s1. The Hall–Kier alpha value is -2.27. The predicted molar refractivity (Wildman–Crippen MR) is 101 cm³/mol. The lowest BCUT2D eigenvalue weighted by molar-refractivity contribution is 0.255. The van der Waals surface area contributed by atoms with Crippen molar-refractivity contribution in [1.82, 2.24) is 9.29 Å². The van der Waals surface area contributed by atoms with Gasteiger partial charge in [-0.05, 0) is 37.1 Å².